The lowest BCUT2D eigenvalue weighted by molar-refractivity contribution is 0.960. The third-order valence-corrected chi connectivity index (χ3v) is 3.48. The number of hydrogen-bond donors (Lipinski definition) is 0. The average molecular weight is 288 g/mol. The number of pyridine rings is 1. The smallest absolute Gasteiger partial charge is 0.0998 e. The Morgan fingerprint density at radius 3 is 2.68 bits per heavy atom. The van der Waals surface area contributed by atoms with Crippen molar-refractivity contribution in [3.63, 3.8) is 0 Å². The van der Waals surface area contributed by atoms with Gasteiger partial charge >= 0.3 is 0 Å². The number of unbranched alkanes of at least 4 members (excludes halogenated alkanes) is 1. The van der Waals surface area contributed by atoms with E-state index in [1.165, 1.54) is 5.56 Å². The molecule has 1 aromatic heterocycles. The van der Waals surface area contributed by atoms with Gasteiger partial charge in [0.1, 0.15) is 0 Å². The van der Waals surface area contributed by atoms with E-state index in [-0.39, 0.29) is 0 Å². The molecule has 0 saturated carbocycles. The summed E-state index contributed by atoms with van der Waals surface area (Å²) in [5.41, 5.74) is 4.92. The second-order valence-corrected chi connectivity index (χ2v) is 5.18. The maximum atomic E-state index is 9.63. The number of allylic oxidation sites excluding steroid dienone is 3. The zero-order valence-electron chi connectivity index (χ0n) is 13.1. The zero-order chi connectivity index (χ0) is 15.8. The highest BCUT2D eigenvalue weighted by Gasteiger charge is 2.10. The average Bonchev–Trinajstić information content (AvgIpc) is 2.56. The predicted octanol–water partition coefficient (Wildman–Crippen LogP) is 5.18. The van der Waals surface area contributed by atoms with Crippen molar-refractivity contribution in [2.75, 3.05) is 0 Å². The van der Waals surface area contributed by atoms with Crippen LogP contribution in [-0.2, 0) is 0 Å². The van der Waals surface area contributed by atoms with Crippen LogP contribution in [0, 0.1) is 18.3 Å². The molecule has 1 aromatic carbocycles. The Morgan fingerprint density at radius 1 is 1.23 bits per heavy atom. The van der Waals surface area contributed by atoms with Gasteiger partial charge in [0.25, 0.3) is 0 Å². The van der Waals surface area contributed by atoms with Crippen molar-refractivity contribution >= 4 is 11.6 Å². The van der Waals surface area contributed by atoms with Gasteiger partial charge in [-0.1, -0.05) is 49.8 Å². The summed E-state index contributed by atoms with van der Waals surface area (Å²) in [6, 6.07) is 14.4. The van der Waals surface area contributed by atoms with Crippen molar-refractivity contribution in [1.29, 1.82) is 5.26 Å². The molecule has 0 atom stereocenters. The fraction of sp³-hybridized carbons (Fsp3) is 0.200. The summed E-state index contributed by atoms with van der Waals surface area (Å²) in [7, 11) is 0. The molecule has 2 rings (SSSR count). The van der Waals surface area contributed by atoms with Crippen LogP contribution in [-0.4, -0.2) is 4.98 Å². The molecule has 0 aliphatic heterocycles. The van der Waals surface area contributed by atoms with E-state index in [1.54, 1.807) is 12.4 Å². The first kappa shape index (κ1) is 15.7. The molecule has 110 valence electrons. The van der Waals surface area contributed by atoms with Crippen molar-refractivity contribution < 1.29 is 0 Å². The van der Waals surface area contributed by atoms with E-state index >= 15 is 0 Å². The van der Waals surface area contributed by atoms with E-state index in [1.807, 2.05) is 30.3 Å². The molecule has 0 fully saturated rings. The first-order chi connectivity index (χ1) is 10.8. The molecule has 0 bridgehead atoms. The number of benzene rings is 1. The lowest BCUT2D eigenvalue weighted by atomic mass is 9.92. The van der Waals surface area contributed by atoms with Crippen LogP contribution >= 0.6 is 0 Å². The molecule has 1 heterocycles. The van der Waals surface area contributed by atoms with E-state index in [9.17, 15) is 5.26 Å². The maximum Gasteiger partial charge on any atom is 0.0998 e. The van der Waals surface area contributed by atoms with Gasteiger partial charge in [-0.2, -0.15) is 5.26 Å². The number of hydrogen-bond acceptors (Lipinski definition) is 2. The maximum absolute atomic E-state index is 9.63. The Labute approximate surface area is 132 Å². The first-order valence-electron chi connectivity index (χ1n) is 7.54. The standard InChI is InChI=1S/C20H20N2/c1-3-4-10-20(19-11-6-5-8-16(19)2)18(14-21)13-17-9-7-12-22-15-17/h5-13,15H,3-4H2,1-2H3/b18-13-,20-10-. The quantitative estimate of drug-likeness (QED) is 0.561. The first-order valence-corrected chi connectivity index (χ1v) is 7.54. The second-order valence-electron chi connectivity index (χ2n) is 5.18. The minimum Gasteiger partial charge on any atom is -0.264 e. The minimum atomic E-state index is 0.677. The van der Waals surface area contributed by atoms with Crippen LogP contribution in [0.1, 0.15) is 36.5 Å². The van der Waals surface area contributed by atoms with Crippen LogP contribution in [0.4, 0.5) is 0 Å². The Morgan fingerprint density at radius 2 is 2.05 bits per heavy atom. The van der Waals surface area contributed by atoms with Crippen LogP contribution < -0.4 is 0 Å². The third-order valence-electron chi connectivity index (χ3n) is 3.48. The molecule has 0 aliphatic carbocycles. The molecular weight excluding hydrogens is 268 g/mol. The topological polar surface area (TPSA) is 36.7 Å². The molecule has 0 spiro atoms. The zero-order valence-corrected chi connectivity index (χ0v) is 13.1. The molecule has 2 heteroatoms. The molecule has 0 aliphatic rings. The fourth-order valence-corrected chi connectivity index (χ4v) is 2.33. The van der Waals surface area contributed by atoms with Gasteiger partial charge in [-0.25, -0.2) is 0 Å². The van der Waals surface area contributed by atoms with Gasteiger partial charge in [0.2, 0.25) is 0 Å². The summed E-state index contributed by atoms with van der Waals surface area (Å²) in [6.07, 6.45) is 9.58. The van der Waals surface area contributed by atoms with E-state index in [4.69, 9.17) is 0 Å². The molecule has 0 saturated heterocycles. The van der Waals surface area contributed by atoms with Gasteiger partial charge in [-0.05, 0) is 47.8 Å². The predicted molar refractivity (Wildman–Crippen MR) is 91.9 cm³/mol. The monoisotopic (exact) mass is 288 g/mol. The molecule has 0 N–H and O–H groups in total. The van der Waals surface area contributed by atoms with Crippen molar-refractivity contribution in [3.05, 3.63) is 77.1 Å². The van der Waals surface area contributed by atoms with Gasteiger partial charge in [-0.15, -0.1) is 0 Å². The Balaban J connectivity index is 2.51. The van der Waals surface area contributed by atoms with Gasteiger partial charge in [0.15, 0.2) is 0 Å². The van der Waals surface area contributed by atoms with Gasteiger partial charge < -0.3 is 0 Å². The van der Waals surface area contributed by atoms with Crippen molar-refractivity contribution in [2.45, 2.75) is 26.7 Å². The van der Waals surface area contributed by atoms with Crippen molar-refractivity contribution in [1.82, 2.24) is 4.98 Å². The molecule has 2 nitrogen and oxygen atoms in total. The van der Waals surface area contributed by atoms with Gasteiger partial charge in [0, 0.05) is 12.4 Å². The summed E-state index contributed by atoms with van der Waals surface area (Å²) in [5.74, 6) is 0. The Kier molecular flexibility index (Phi) is 5.68. The summed E-state index contributed by atoms with van der Waals surface area (Å²) in [5, 5.41) is 9.63. The molecular formula is C20H20N2. The summed E-state index contributed by atoms with van der Waals surface area (Å²) in [4.78, 5) is 4.11. The summed E-state index contributed by atoms with van der Waals surface area (Å²) >= 11 is 0. The fourth-order valence-electron chi connectivity index (χ4n) is 2.33. The number of aryl methyl sites for hydroxylation is 1. The van der Waals surface area contributed by atoms with E-state index in [0.717, 1.165) is 29.5 Å². The van der Waals surface area contributed by atoms with E-state index in [0.29, 0.717) is 5.57 Å². The minimum absolute atomic E-state index is 0.677. The van der Waals surface area contributed by atoms with Crippen molar-refractivity contribution in [3.8, 4) is 6.07 Å². The van der Waals surface area contributed by atoms with Crippen LogP contribution in [0.25, 0.3) is 11.6 Å². The lowest BCUT2D eigenvalue weighted by Crippen LogP contribution is -1.92. The number of nitriles is 1. The largest absolute Gasteiger partial charge is 0.264 e. The number of nitrogens with zero attached hydrogens (tertiary/aromatic N) is 2. The Bertz CT molecular complexity index is 719. The van der Waals surface area contributed by atoms with Crippen LogP contribution in [0.2, 0.25) is 0 Å². The van der Waals surface area contributed by atoms with Crippen LogP contribution in [0.15, 0.2) is 60.4 Å². The number of rotatable bonds is 5. The van der Waals surface area contributed by atoms with Crippen molar-refractivity contribution in [2.24, 2.45) is 0 Å². The Hall–Kier alpha value is -2.66. The summed E-state index contributed by atoms with van der Waals surface area (Å²) < 4.78 is 0. The molecule has 0 radical (unpaired) electrons. The second kappa shape index (κ2) is 7.95. The number of aromatic nitrogens is 1. The molecule has 22 heavy (non-hydrogen) atoms. The van der Waals surface area contributed by atoms with Gasteiger partial charge in [-0.3, -0.25) is 4.98 Å². The van der Waals surface area contributed by atoms with Crippen LogP contribution in [0.3, 0.4) is 0 Å². The highest BCUT2D eigenvalue weighted by molar-refractivity contribution is 5.89. The summed E-state index contributed by atoms with van der Waals surface area (Å²) in [6.45, 7) is 4.22. The SMILES string of the molecule is CCC/C=C(/C(C#N)=C\c1cccnc1)c1ccccc1C. The normalized spacial score (nSPS) is 12.0. The highest BCUT2D eigenvalue weighted by atomic mass is 14.6. The molecule has 2 aromatic rings. The van der Waals surface area contributed by atoms with Crippen LogP contribution in [0.5, 0.6) is 0 Å². The third kappa shape index (κ3) is 3.93. The van der Waals surface area contributed by atoms with E-state index < -0.39 is 0 Å². The lowest BCUT2D eigenvalue weighted by Gasteiger charge is -2.10. The van der Waals surface area contributed by atoms with Gasteiger partial charge in [0.05, 0.1) is 11.6 Å². The highest BCUT2D eigenvalue weighted by Crippen LogP contribution is 2.28. The molecule has 0 unspecified atom stereocenters. The van der Waals surface area contributed by atoms with E-state index in [2.05, 4.69) is 43.1 Å². The molecule has 0 amide bonds.